The number of nitrogens with one attached hydrogen (secondary N) is 3. The molecular weight excluding hydrogens is 626 g/mol. The second kappa shape index (κ2) is 19.3. The van der Waals surface area contributed by atoms with Crippen LogP contribution in [0.1, 0.15) is 51.5 Å². The molecule has 1 aromatic rings. The molecule has 0 heterocycles. The average Bonchev–Trinajstić information content (AvgIpc) is 2.92. The van der Waals surface area contributed by atoms with Crippen LogP contribution in [0.5, 0.6) is 0 Å². The smallest absolute Gasteiger partial charge is 0.450 e. The summed E-state index contributed by atoms with van der Waals surface area (Å²) in [6.07, 6.45) is 0.724. The Kier molecular flexibility index (Phi) is 17.1. The van der Waals surface area contributed by atoms with Gasteiger partial charge in [0.15, 0.2) is 0 Å². The number of phosphoric acid groups is 2. The summed E-state index contributed by atoms with van der Waals surface area (Å²) >= 11 is 0. The Balaban J connectivity index is 2.64. The molecule has 0 aliphatic heterocycles. The van der Waals surface area contributed by atoms with Crippen LogP contribution in [-0.4, -0.2) is 65.6 Å². The lowest BCUT2D eigenvalue weighted by Crippen LogP contribution is -2.51. The summed E-state index contributed by atoms with van der Waals surface area (Å²) in [5.41, 5.74) is 16.4. The summed E-state index contributed by atoms with van der Waals surface area (Å²) in [6.45, 7) is 3.00. The van der Waals surface area contributed by atoms with Crippen molar-refractivity contribution >= 4 is 45.3 Å². The normalized spacial score (nSPS) is 15.3. The minimum atomic E-state index is -5.02. The molecule has 18 nitrogen and oxygen atoms in total. The quantitative estimate of drug-likeness (QED) is 0.0682. The fourth-order valence-electron chi connectivity index (χ4n) is 3.34. The van der Waals surface area contributed by atoms with Gasteiger partial charge < -0.3 is 47.7 Å². The lowest BCUT2D eigenvalue weighted by atomic mass is 10.0. The molecule has 0 aromatic heterocycles. The highest BCUT2D eigenvalue weighted by Gasteiger charge is 2.35. The van der Waals surface area contributed by atoms with E-state index in [4.69, 9.17) is 21.7 Å². The number of benzene rings is 1. The number of rotatable bonds is 21. The van der Waals surface area contributed by atoms with Gasteiger partial charge in [-0.3, -0.25) is 18.6 Å². The van der Waals surface area contributed by atoms with E-state index in [1.54, 1.807) is 13.8 Å². The highest BCUT2D eigenvalue weighted by molar-refractivity contribution is 7.61. The average molecular weight is 669 g/mol. The number of urea groups is 1. The van der Waals surface area contributed by atoms with E-state index in [-0.39, 0.29) is 38.5 Å². The summed E-state index contributed by atoms with van der Waals surface area (Å²) < 4.78 is 42.4. The van der Waals surface area contributed by atoms with Gasteiger partial charge in [-0.15, -0.1) is 0 Å². The standard InChI is InChI=1S/C24H42N6O12P2/c1-16(2)20(25)22(32)30-19(7-6-12-28-23(26)33)21(31)29-18-10-8-17(9-11-18)15-41-44(37,38)42-43(35,36)40-14-5-3-4-13-39-24(27)34/h8-11,16,19-20H,3-7,12-15,25H2,1-2H3,(H2,27,34)(H,29,31)(H,30,32)(H,35,36)(H,37,38)(H3,26,28,33)/t19-,20+/m0/s1. The van der Waals surface area contributed by atoms with Gasteiger partial charge in [0.2, 0.25) is 11.8 Å². The summed E-state index contributed by atoms with van der Waals surface area (Å²) in [4.78, 5) is 66.3. The number of nitrogens with two attached hydrogens (primary N) is 3. The number of carbonyl (C=O) groups is 4. The molecule has 20 heteroatoms. The maximum atomic E-state index is 12.9. The fourth-order valence-corrected chi connectivity index (χ4v) is 5.43. The fraction of sp³-hybridized carbons (Fsp3) is 0.583. The lowest BCUT2D eigenvalue weighted by Gasteiger charge is -2.22. The summed E-state index contributed by atoms with van der Waals surface area (Å²) in [6, 6.07) is 3.28. The maximum absolute atomic E-state index is 12.9. The van der Waals surface area contributed by atoms with Crippen LogP contribution < -0.4 is 33.2 Å². The SMILES string of the molecule is CC(C)[C@@H](N)C(=O)N[C@@H](CCCNC(N)=O)C(=O)Nc1ccc(COP(=O)(O)OP(=O)(O)OCCCCCOC(N)=O)cc1. The molecule has 5 amide bonds. The molecule has 0 spiro atoms. The Morgan fingerprint density at radius 2 is 1.50 bits per heavy atom. The molecule has 0 saturated heterocycles. The van der Waals surface area contributed by atoms with Gasteiger partial charge >= 0.3 is 27.8 Å². The minimum absolute atomic E-state index is 0.0690. The van der Waals surface area contributed by atoms with E-state index in [0.29, 0.717) is 30.5 Å². The van der Waals surface area contributed by atoms with E-state index in [1.165, 1.54) is 24.3 Å². The van der Waals surface area contributed by atoms with Crippen LogP contribution in [0, 0.1) is 5.92 Å². The number of anilines is 1. The zero-order valence-corrected chi connectivity index (χ0v) is 26.3. The van der Waals surface area contributed by atoms with Crippen molar-refractivity contribution < 1.29 is 56.2 Å². The van der Waals surface area contributed by atoms with Gasteiger partial charge in [0.05, 0.1) is 25.9 Å². The Bertz CT molecular complexity index is 1190. The molecule has 1 rings (SSSR count). The number of carbonyl (C=O) groups excluding carboxylic acids is 4. The van der Waals surface area contributed by atoms with Crippen molar-refractivity contribution in [2.75, 3.05) is 25.1 Å². The van der Waals surface area contributed by atoms with Crippen molar-refractivity contribution in [1.82, 2.24) is 10.6 Å². The van der Waals surface area contributed by atoms with E-state index < -0.39 is 58.3 Å². The number of amides is 5. The molecule has 1 aromatic carbocycles. The first kappa shape index (κ1) is 38.9. The predicted molar refractivity (Wildman–Crippen MR) is 157 cm³/mol. The third-order valence-electron chi connectivity index (χ3n) is 5.73. The van der Waals surface area contributed by atoms with Crippen LogP contribution in [0.25, 0.3) is 0 Å². The Morgan fingerprint density at radius 3 is 2.09 bits per heavy atom. The molecule has 11 N–H and O–H groups in total. The van der Waals surface area contributed by atoms with Crippen LogP contribution in [-0.2, 0) is 43.4 Å². The first-order valence-corrected chi connectivity index (χ1v) is 16.6. The number of ether oxygens (including phenoxy) is 1. The van der Waals surface area contributed by atoms with Gasteiger partial charge in [-0.1, -0.05) is 26.0 Å². The topological polar surface area (TPSA) is 294 Å². The lowest BCUT2D eigenvalue weighted by molar-refractivity contribution is -0.128. The molecule has 2 unspecified atom stereocenters. The van der Waals surface area contributed by atoms with Crippen molar-refractivity contribution in [3.63, 3.8) is 0 Å². The Morgan fingerprint density at radius 1 is 0.886 bits per heavy atom. The second-order valence-electron chi connectivity index (χ2n) is 9.80. The van der Waals surface area contributed by atoms with Gasteiger partial charge in [0.1, 0.15) is 6.04 Å². The van der Waals surface area contributed by atoms with Crippen LogP contribution in [0.3, 0.4) is 0 Å². The number of primary amides is 2. The van der Waals surface area contributed by atoms with Crippen molar-refractivity contribution in [3.8, 4) is 0 Å². The van der Waals surface area contributed by atoms with Gasteiger partial charge in [0, 0.05) is 12.2 Å². The predicted octanol–water partition coefficient (Wildman–Crippen LogP) is 1.56. The molecule has 0 radical (unpaired) electrons. The Hall–Kier alpha value is -3.08. The molecule has 250 valence electrons. The number of unbranched alkanes of at least 4 members (excludes halogenated alkanes) is 2. The van der Waals surface area contributed by atoms with E-state index in [2.05, 4.69) is 29.5 Å². The van der Waals surface area contributed by atoms with Crippen molar-refractivity contribution in [2.24, 2.45) is 23.1 Å². The van der Waals surface area contributed by atoms with Crippen LogP contribution >= 0.6 is 15.6 Å². The van der Waals surface area contributed by atoms with E-state index >= 15 is 0 Å². The third kappa shape index (κ3) is 17.3. The van der Waals surface area contributed by atoms with Crippen molar-refractivity contribution in [3.05, 3.63) is 29.8 Å². The Labute approximate surface area is 254 Å². The summed E-state index contributed by atoms with van der Waals surface area (Å²) in [5.74, 6) is -1.24. The highest BCUT2D eigenvalue weighted by atomic mass is 31.3. The first-order chi connectivity index (χ1) is 20.5. The zero-order chi connectivity index (χ0) is 33.3. The molecule has 0 aliphatic carbocycles. The largest absolute Gasteiger partial charge is 0.481 e. The van der Waals surface area contributed by atoms with E-state index in [0.717, 1.165) is 0 Å². The van der Waals surface area contributed by atoms with Gasteiger partial charge in [-0.2, -0.15) is 4.31 Å². The van der Waals surface area contributed by atoms with Crippen LogP contribution in [0.4, 0.5) is 15.3 Å². The van der Waals surface area contributed by atoms with Crippen molar-refractivity contribution in [2.45, 2.75) is 64.6 Å². The van der Waals surface area contributed by atoms with Gasteiger partial charge in [-0.05, 0) is 55.7 Å². The van der Waals surface area contributed by atoms with E-state index in [9.17, 15) is 38.1 Å². The first-order valence-electron chi connectivity index (χ1n) is 13.6. The molecular formula is C24H42N6O12P2. The third-order valence-corrected chi connectivity index (χ3v) is 8.35. The maximum Gasteiger partial charge on any atom is 0.481 e. The van der Waals surface area contributed by atoms with Gasteiger partial charge in [0.25, 0.3) is 0 Å². The summed E-state index contributed by atoms with van der Waals surface area (Å²) in [7, 11) is -9.95. The molecule has 0 bridgehead atoms. The van der Waals surface area contributed by atoms with Crippen LogP contribution in [0.15, 0.2) is 24.3 Å². The molecule has 0 fully saturated rings. The van der Waals surface area contributed by atoms with Gasteiger partial charge in [-0.25, -0.2) is 18.7 Å². The van der Waals surface area contributed by atoms with Crippen LogP contribution in [0.2, 0.25) is 0 Å². The highest BCUT2D eigenvalue weighted by Crippen LogP contribution is 2.60. The summed E-state index contributed by atoms with van der Waals surface area (Å²) in [5, 5.41) is 7.66. The monoisotopic (exact) mass is 668 g/mol. The number of phosphoric ester groups is 2. The molecule has 0 aliphatic rings. The molecule has 0 saturated carbocycles. The number of hydrogen-bond acceptors (Lipinski definition) is 11. The van der Waals surface area contributed by atoms with E-state index in [1.807, 2.05) is 0 Å². The number of hydrogen-bond donors (Lipinski definition) is 8. The van der Waals surface area contributed by atoms with Crippen molar-refractivity contribution in [1.29, 1.82) is 0 Å². The molecule has 44 heavy (non-hydrogen) atoms. The minimum Gasteiger partial charge on any atom is -0.450 e. The second-order valence-corrected chi connectivity index (χ2v) is 12.8. The zero-order valence-electron chi connectivity index (χ0n) is 24.5. The molecule has 4 atom stereocenters.